The predicted molar refractivity (Wildman–Crippen MR) is 419 cm³/mol. The van der Waals surface area contributed by atoms with Crippen molar-refractivity contribution in [1.82, 2.24) is 63.1 Å². The van der Waals surface area contributed by atoms with Gasteiger partial charge in [-0.1, -0.05) is 61.8 Å². The zero-order valence-electron chi connectivity index (χ0n) is 64.0. The van der Waals surface area contributed by atoms with Crippen LogP contribution >= 0.6 is 23.5 Å². The second-order valence-electron chi connectivity index (χ2n) is 27.2. The number of ether oxygens (including phenoxy) is 2. The Morgan fingerprint density at radius 1 is 0.814 bits per heavy atom. The number of rotatable bonds is 39. The molecule has 1 fully saturated rings. The minimum Gasteiger partial charge on any atom is -0.508 e. The molecule has 3 aromatic carbocycles. The number of hydrogen-bond acceptors (Lipinski definition) is 24. The SMILES string of the molecule is CC[C@H](C)[C@H](NC(=O)[C@H](CC(=O)OOC)NC(=O)[C@H](CCOC)NC(=O)[C@@H]1CCCN1C(=O)[C@@H]1CSCc2cc(CSC[C@H](NC)C(N)=O)cc(c2)OCCCCCCO/N=C/C(=O)N[C@@H](CCCNC(=N)N)C(=O)N1)C(=O)N[C@@H](Cc1c[nH]c2ccccc12)C(=O)N[C@@H](Cc1ccc(O)cc1)C(=O)N[C@H](C=O)CCC(=O)O. The van der Waals surface area contributed by atoms with Crippen molar-refractivity contribution in [2.75, 3.05) is 65.7 Å². The van der Waals surface area contributed by atoms with Crippen molar-refractivity contribution < 1.29 is 96.6 Å². The first-order valence-electron chi connectivity index (χ1n) is 37.3. The molecule has 38 heteroatoms. The molecule has 618 valence electrons. The fourth-order valence-corrected chi connectivity index (χ4v) is 14.4. The standard InChI is InChI=1S/C75H106N16O20S2/c1-6-44(2)65(73(105)88-57(35-48-37-81-53-16-10-9-15-52(48)53)70(102)86-56(34-45-19-22-50(93)23-20-45)69(101)83-49(39-92)21-24-63(95)96)90-71(103)58(36-64(97)111-108-5)87-68(100)55(25-30-107-4)85-72(104)61-18-14-27-91(61)74(106)60-43-113-41-47-31-46(40-112-42-59(79-3)66(76)98)32-51(33-47)109-28-11-7-8-12-29-110-82-38-62(94)84-54(67(99)89-60)17-13-26-80-75(77)78/h9-10,15-16,19-20,22-23,31-33,37-39,44,49,54-61,65,79,81,93H,6-8,11-14,17-18,21,24-30,34-36,40-43H2,1-5H3,(H2,76,98)(H,83,101)(H,84,94)(H,85,104)(H,86,102)(H,87,100)(H,88,105)(H,89,99)(H,90,103)(H,95,96)(H4,77,78,80)/b82-38+/t44-,49-,54-,55-,56-,57-,58-,59-,60-,61-,65-/m0/s1. The molecule has 2 bridgehead atoms. The number of para-hydroxylation sites is 1. The Hall–Kier alpha value is -10.6. The summed E-state index contributed by atoms with van der Waals surface area (Å²) in [5.74, 6) is -10.4. The lowest BCUT2D eigenvalue weighted by Crippen LogP contribution is -2.61. The van der Waals surface area contributed by atoms with Crippen LogP contribution in [0.5, 0.6) is 11.5 Å². The third kappa shape index (κ3) is 31.1. The highest BCUT2D eigenvalue weighted by atomic mass is 32.2. The Bertz CT molecular complexity index is 3910. The number of guanidine groups is 1. The van der Waals surface area contributed by atoms with E-state index in [9.17, 15) is 63.0 Å². The molecule has 113 heavy (non-hydrogen) atoms. The van der Waals surface area contributed by atoms with E-state index < -0.39 is 150 Å². The molecule has 10 amide bonds. The van der Waals surface area contributed by atoms with Gasteiger partial charge in [-0.25, -0.2) is 4.79 Å². The number of likely N-dealkylation sites (N-methyl/N-ethyl adjacent to an activating group) is 1. The Balaban J connectivity index is 1.27. The van der Waals surface area contributed by atoms with E-state index in [1.807, 2.05) is 18.2 Å². The first-order valence-corrected chi connectivity index (χ1v) is 39.6. The van der Waals surface area contributed by atoms with E-state index in [1.165, 1.54) is 59.8 Å². The van der Waals surface area contributed by atoms with Gasteiger partial charge in [0.05, 0.1) is 32.2 Å². The number of phenolic OH excluding ortho intramolecular Hbond substituents is 1. The van der Waals surface area contributed by atoms with Crippen molar-refractivity contribution >= 4 is 124 Å². The number of thioether (sulfide) groups is 2. The van der Waals surface area contributed by atoms with Crippen molar-refractivity contribution in [1.29, 1.82) is 5.41 Å². The van der Waals surface area contributed by atoms with Gasteiger partial charge in [-0.15, -0.1) is 0 Å². The molecule has 0 saturated carbocycles. The van der Waals surface area contributed by atoms with E-state index >= 15 is 9.59 Å². The van der Waals surface area contributed by atoms with Gasteiger partial charge in [0.25, 0.3) is 5.91 Å². The first kappa shape index (κ1) is 91.3. The second-order valence-corrected chi connectivity index (χ2v) is 29.3. The number of nitrogens with zero attached hydrogens (tertiary/aromatic N) is 2. The lowest BCUT2D eigenvalue weighted by molar-refractivity contribution is -0.255. The number of phenols is 1. The number of aromatic nitrogens is 1. The zero-order valence-corrected chi connectivity index (χ0v) is 65.6. The quantitative estimate of drug-likeness (QED) is 0.00727. The van der Waals surface area contributed by atoms with Crippen LogP contribution in [-0.4, -0.2) is 236 Å². The number of carboxylic acid groups (broad SMARTS) is 1. The number of benzene rings is 3. The maximum absolute atomic E-state index is 15.3. The molecular weight excluding hydrogens is 1510 g/mol. The van der Waals surface area contributed by atoms with Crippen LogP contribution in [-0.2, 0) is 106 Å². The number of oxime groups is 1. The van der Waals surface area contributed by atoms with Crippen LogP contribution in [0.15, 0.2) is 78.1 Å². The van der Waals surface area contributed by atoms with Crippen molar-refractivity contribution in [2.24, 2.45) is 22.5 Å². The molecule has 0 aliphatic carbocycles. The Morgan fingerprint density at radius 2 is 1.51 bits per heavy atom. The molecule has 1 saturated heterocycles. The van der Waals surface area contributed by atoms with Crippen LogP contribution in [0.3, 0.4) is 0 Å². The maximum Gasteiger partial charge on any atom is 0.344 e. The number of hydrogen-bond donors (Lipinski definition) is 16. The number of carbonyl (C=O) groups is 13. The van der Waals surface area contributed by atoms with E-state index in [4.69, 9.17) is 36.1 Å². The van der Waals surface area contributed by atoms with E-state index in [2.05, 4.69) is 68.2 Å². The van der Waals surface area contributed by atoms with Gasteiger partial charge in [0.15, 0.2) is 5.96 Å². The predicted octanol–water partition coefficient (Wildman–Crippen LogP) is 0.627. The van der Waals surface area contributed by atoms with Crippen LogP contribution in [0.2, 0.25) is 0 Å². The van der Waals surface area contributed by atoms with Crippen molar-refractivity contribution in [2.45, 2.75) is 182 Å². The van der Waals surface area contributed by atoms with Gasteiger partial charge >= 0.3 is 11.9 Å². The molecule has 0 unspecified atom stereocenters. The van der Waals surface area contributed by atoms with Gasteiger partial charge in [0.2, 0.25) is 53.2 Å². The van der Waals surface area contributed by atoms with E-state index in [1.54, 1.807) is 51.4 Å². The highest BCUT2D eigenvalue weighted by Gasteiger charge is 2.42. The number of methoxy groups -OCH3 is 1. The van der Waals surface area contributed by atoms with Crippen molar-refractivity contribution in [3.05, 3.63) is 95.2 Å². The van der Waals surface area contributed by atoms with Crippen molar-refractivity contribution in [3.8, 4) is 11.5 Å². The maximum atomic E-state index is 15.3. The van der Waals surface area contributed by atoms with Crippen LogP contribution < -0.4 is 69.4 Å². The lowest BCUT2D eigenvalue weighted by Gasteiger charge is -2.31. The molecular formula is C75H106N16O20S2. The third-order valence-electron chi connectivity index (χ3n) is 18.7. The van der Waals surface area contributed by atoms with Gasteiger partial charge in [0, 0.05) is 86.2 Å². The number of fused-ring (bicyclic) bond motifs is 3. The van der Waals surface area contributed by atoms with Gasteiger partial charge in [-0.2, -0.15) is 28.4 Å². The minimum atomic E-state index is -1.88. The number of amides is 10. The van der Waals surface area contributed by atoms with Crippen LogP contribution in [0.25, 0.3) is 10.9 Å². The number of aldehydes is 1. The molecule has 0 spiro atoms. The molecule has 18 N–H and O–H groups in total. The lowest BCUT2D eigenvalue weighted by atomic mass is 9.96. The number of carbonyl (C=O) groups excluding carboxylic acids is 12. The molecule has 0 radical (unpaired) electrons. The molecule has 2 aliphatic rings. The van der Waals surface area contributed by atoms with Crippen molar-refractivity contribution in [3.63, 3.8) is 0 Å². The smallest absolute Gasteiger partial charge is 0.344 e. The summed E-state index contributed by atoms with van der Waals surface area (Å²) in [6.45, 7) is 3.88. The van der Waals surface area contributed by atoms with Gasteiger partial charge in [0.1, 0.15) is 78.9 Å². The van der Waals surface area contributed by atoms with Gasteiger partial charge in [-0.3, -0.25) is 63.0 Å². The summed E-state index contributed by atoms with van der Waals surface area (Å²) in [4.78, 5) is 200. The number of H-pyrrole nitrogens is 1. The minimum absolute atomic E-state index is 0.00315. The fourth-order valence-electron chi connectivity index (χ4n) is 12.4. The summed E-state index contributed by atoms with van der Waals surface area (Å²) >= 11 is 2.76. The molecule has 4 aromatic rings. The number of aromatic amines is 1. The number of aliphatic carboxylic acids is 1. The highest BCUT2D eigenvalue weighted by molar-refractivity contribution is 7.98. The largest absolute Gasteiger partial charge is 0.508 e. The highest BCUT2D eigenvalue weighted by Crippen LogP contribution is 2.28. The van der Waals surface area contributed by atoms with Gasteiger partial charge < -0.3 is 104 Å². The molecule has 36 nitrogen and oxygen atoms in total. The zero-order chi connectivity index (χ0) is 82.4. The third-order valence-corrected chi connectivity index (χ3v) is 20.9. The van der Waals surface area contributed by atoms with E-state index in [0.29, 0.717) is 58.6 Å². The summed E-state index contributed by atoms with van der Waals surface area (Å²) in [5, 5.41) is 58.3. The summed E-state index contributed by atoms with van der Waals surface area (Å²) in [6.07, 6.45) is 4.18. The summed E-state index contributed by atoms with van der Waals surface area (Å²) in [7, 11) is 3.99. The van der Waals surface area contributed by atoms with Crippen LogP contribution in [0.4, 0.5) is 0 Å². The molecule has 2 aliphatic heterocycles. The van der Waals surface area contributed by atoms with Gasteiger partial charge in [-0.05, 0) is 130 Å². The Labute approximate surface area is 662 Å². The van der Waals surface area contributed by atoms with E-state index in [-0.39, 0.29) is 107 Å². The molecule has 3 heterocycles. The number of nitrogens with one attached hydrogen (secondary N) is 12. The Morgan fingerprint density at radius 3 is 2.21 bits per heavy atom. The molecule has 1 aromatic heterocycles. The molecule has 6 rings (SSSR count). The number of aromatic hydroxyl groups is 1. The summed E-state index contributed by atoms with van der Waals surface area (Å²) in [6, 6.07) is 4.75. The van der Waals surface area contributed by atoms with Crippen LogP contribution in [0.1, 0.15) is 120 Å². The number of likely N-dealkylation sites (tertiary alicyclic amines) is 1. The number of carboxylic acids is 1. The number of primary amides is 1. The van der Waals surface area contributed by atoms with Crippen LogP contribution in [0, 0.1) is 11.3 Å². The average molecular weight is 1620 g/mol. The average Bonchev–Trinajstić information content (AvgIpc) is 1.72. The summed E-state index contributed by atoms with van der Waals surface area (Å²) < 4.78 is 11.6. The number of nitrogens with two attached hydrogens (primary N) is 2. The topological polar surface area (TPSA) is 536 Å². The monoisotopic (exact) mass is 1610 g/mol. The Kier molecular flexibility index (Phi) is 39.1. The van der Waals surface area contributed by atoms with E-state index in [0.717, 1.165) is 43.7 Å². The second kappa shape index (κ2) is 48.4. The first-order chi connectivity index (χ1) is 54.2. The summed E-state index contributed by atoms with van der Waals surface area (Å²) in [5.41, 5.74) is 14.5. The normalized spacial score (nSPS) is 18.2. The fraction of sp³-hybridized carbons (Fsp3) is 0.533. The molecule has 11 atom stereocenters.